The summed E-state index contributed by atoms with van der Waals surface area (Å²) in [6.45, 7) is 3.27. The molecule has 0 aromatic heterocycles. The second kappa shape index (κ2) is 6.71. The number of nitrogens with one attached hydrogen (secondary N) is 1. The Labute approximate surface area is 131 Å². The predicted molar refractivity (Wildman–Crippen MR) is 79.5 cm³/mol. The molecule has 0 aliphatic rings. The van der Waals surface area contributed by atoms with E-state index in [-0.39, 0.29) is 16.1 Å². The molecule has 1 unspecified atom stereocenters. The van der Waals surface area contributed by atoms with Gasteiger partial charge in [0.2, 0.25) is 10.0 Å². The molecule has 1 rings (SSSR count). The lowest BCUT2D eigenvalue weighted by molar-refractivity contribution is -0.143. The Hall–Kier alpha value is -1.19. The van der Waals surface area contributed by atoms with Gasteiger partial charge in [-0.05, 0) is 34.0 Å². The highest BCUT2D eigenvalue weighted by Crippen LogP contribution is 2.26. The molecule has 1 atom stereocenters. The fraction of sp³-hybridized carbons (Fsp3) is 0.417. The topological polar surface area (TPSA) is 98.5 Å². The van der Waals surface area contributed by atoms with Crippen LogP contribution >= 0.6 is 15.9 Å². The van der Waals surface area contributed by atoms with Crippen LogP contribution in [0.3, 0.4) is 0 Å². The monoisotopic (exact) mass is 382 g/mol. The Kier molecular flexibility index (Phi) is 5.71. The molecule has 1 aromatic rings. The summed E-state index contributed by atoms with van der Waals surface area (Å²) in [5.41, 5.74) is 5.59. The summed E-state index contributed by atoms with van der Waals surface area (Å²) in [4.78, 5) is 11.0. The quantitative estimate of drug-likeness (QED) is 0.595. The summed E-state index contributed by atoms with van der Waals surface area (Å²) < 4.78 is 45.1. The lowest BCUT2D eigenvalue weighted by Gasteiger charge is -2.20. The average Bonchev–Trinajstić information content (AvgIpc) is 2.38. The second-order valence-electron chi connectivity index (χ2n) is 4.68. The van der Waals surface area contributed by atoms with Gasteiger partial charge in [-0.25, -0.2) is 12.8 Å². The van der Waals surface area contributed by atoms with E-state index < -0.39 is 32.7 Å². The van der Waals surface area contributed by atoms with Crippen molar-refractivity contribution in [2.24, 2.45) is 5.92 Å². The molecule has 3 N–H and O–H groups in total. The number of carbonyl (C=O) groups excluding carboxylic acids is 1. The molecule has 0 radical (unpaired) electrons. The van der Waals surface area contributed by atoms with E-state index >= 15 is 0 Å². The van der Waals surface area contributed by atoms with Crippen LogP contribution in [0, 0.1) is 11.7 Å². The van der Waals surface area contributed by atoms with E-state index in [1.165, 1.54) is 6.07 Å². The number of sulfonamides is 1. The molecule has 118 valence electrons. The Bertz CT molecular complexity index is 649. The third kappa shape index (κ3) is 4.14. The van der Waals surface area contributed by atoms with Crippen LogP contribution in [0.2, 0.25) is 0 Å². The molecule has 1 aromatic carbocycles. The zero-order valence-corrected chi connectivity index (χ0v) is 14.1. The molecule has 0 aliphatic carbocycles. The van der Waals surface area contributed by atoms with Crippen molar-refractivity contribution in [1.29, 1.82) is 0 Å². The van der Waals surface area contributed by atoms with Crippen molar-refractivity contribution in [1.82, 2.24) is 4.72 Å². The van der Waals surface area contributed by atoms with Gasteiger partial charge in [0.25, 0.3) is 0 Å². The number of methoxy groups -OCH3 is 1. The first-order chi connectivity index (χ1) is 9.60. The zero-order chi connectivity index (χ0) is 16.4. The van der Waals surface area contributed by atoms with E-state index in [1.54, 1.807) is 13.8 Å². The molecule has 0 heterocycles. The third-order valence-corrected chi connectivity index (χ3v) is 4.73. The summed E-state index contributed by atoms with van der Waals surface area (Å²) >= 11 is 2.89. The number of hydrogen-bond donors (Lipinski definition) is 2. The number of hydrogen-bond acceptors (Lipinski definition) is 5. The van der Waals surface area contributed by atoms with Crippen LogP contribution in [0.25, 0.3) is 0 Å². The van der Waals surface area contributed by atoms with Crippen molar-refractivity contribution in [3.8, 4) is 0 Å². The molecule has 0 spiro atoms. The lowest BCUT2D eigenvalue weighted by atomic mass is 10.1. The molecular formula is C12H16BrFN2O4S. The smallest absolute Gasteiger partial charge is 0.324 e. The molecule has 21 heavy (non-hydrogen) atoms. The Morgan fingerprint density at radius 3 is 2.48 bits per heavy atom. The summed E-state index contributed by atoms with van der Waals surface area (Å²) in [7, 11) is -3.13. The second-order valence-corrected chi connectivity index (χ2v) is 7.22. The van der Waals surface area contributed by atoms with Gasteiger partial charge in [0, 0.05) is 5.69 Å². The van der Waals surface area contributed by atoms with Gasteiger partial charge in [-0.15, -0.1) is 0 Å². The maximum Gasteiger partial charge on any atom is 0.324 e. The van der Waals surface area contributed by atoms with E-state index in [0.29, 0.717) is 0 Å². The number of benzene rings is 1. The first-order valence-corrected chi connectivity index (χ1v) is 8.22. The van der Waals surface area contributed by atoms with Gasteiger partial charge in [0.15, 0.2) is 5.82 Å². The third-order valence-electron chi connectivity index (χ3n) is 2.71. The zero-order valence-electron chi connectivity index (χ0n) is 11.7. The Morgan fingerprint density at radius 1 is 1.43 bits per heavy atom. The van der Waals surface area contributed by atoms with Crippen LogP contribution in [0.15, 0.2) is 21.5 Å². The molecule has 0 aliphatic heterocycles. The van der Waals surface area contributed by atoms with Gasteiger partial charge in [-0.3, -0.25) is 4.79 Å². The minimum Gasteiger partial charge on any atom is -0.468 e. The largest absolute Gasteiger partial charge is 0.468 e. The number of nitrogen functional groups attached to an aromatic ring is 1. The van der Waals surface area contributed by atoms with Gasteiger partial charge >= 0.3 is 5.97 Å². The van der Waals surface area contributed by atoms with Crippen LogP contribution in [0.5, 0.6) is 0 Å². The highest BCUT2D eigenvalue weighted by molar-refractivity contribution is 9.10. The van der Waals surface area contributed by atoms with E-state index in [0.717, 1.165) is 13.2 Å². The van der Waals surface area contributed by atoms with Gasteiger partial charge in [0.1, 0.15) is 10.9 Å². The number of carbonyl (C=O) groups is 1. The van der Waals surface area contributed by atoms with E-state index in [9.17, 15) is 17.6 Å². The molecule has 0 bridgehead atoms. The van der Waals surface area contributed by atoms with E-state index in [1.807, 2.05) is 0 Å². The van der Waals surface area contributed by atoms with Crippen molar-refractivity contribution >= 4 is 37.6 Å². The van der Waals surface area contributed by atoms with Gasteiger partial charge < -0.3 is 10.5 Å². The van der Waals surface area contributed by atoms with Gasteiger partial charge in [0.05, 0.1) is 11.6 Å². The minimum atomic E-state index is -4.27. The lowest BCUT2D eigenvalue weighted by Crippen LogP contribution is -2.45. The number of anilines is 1. The standard InChI is InChI=1S/C12H16BrFN2O4S/c1-6(2)11(12(17)20-3)16-21(18,19)9-5-7(15)4-8(13)10(9)14/h4-6,11,16H,15H2,1-3H3. The van der Waals surface area contributed by atoms with E-state index in [2.05, 4.69) is 25.4 Å². The summed E-state index contributed by atoms with van der Waals surface area (Å²) in [6.07, 6.45) is 0. The van der Waals surface area contributed by atoms with Crippen LogP contribution < -0.4 is 10.5 Å². The highest BCUT2D eigenvalue weighted by Gasteiger charge is 2.31. The molecule has 0 saturated carbocycles. The van der Waals surface area contributed by atoms with Crippen LogP contribution in [0.4, 0.5) is 10.1 Å². The molecular weight excluding hydrogens is 367 g/mol. The number of nitrogens with two attached hydrogens (primary N) is 1. The molecule has 0 saturated heterocycles. The van der Waals surface area contributed by atoms with Crippen LogP contribution in [-0.4, -0.2) is 27.5 Å². The minimum absolute atomic E-state index is 0.0721. The van der Waals surface area contributed by atoms with Gasteiger partial charge in [-0.2, -0.15) is 4.72 Å². The van der Waals surface area contributed by atoms with Gasteiger partial charge in [-0.1, -0.05) is 13.8 Å². The van der Waals surface area contributed by atoms with Crippen molar-refractivity contribution in [2.75, 3.05) is 12.8 Å². The first-order valence-electron chi connectivity index (χ1n) is 5.94. The molecule has 9 heteroatoms. The van der Waals surface area contributed by atoms with Crippen molar-refractivity contribution < 1.29 is 22.3 Å². The van der Waals surface area contributed by atoms with Crippen molar-refractivity contribution in [2.45, 2.75) is 24.8 Å². The van der Waals surface area contributed by atoms with Crippen molar-refractivity contribution in [3.05, 3.63) is 22.4 Å². The predicted octanol–water partition coefficient (Wildman–Crippen LogP) is 1.65. The Balaban J connectivity index is 3.26. The average molecular weight is 383 g/mol. The number of ether oxygens (including phenoxy) is 1. The normalized spacial score (nSPS) is 13.2. The summed E-state index contributed by atoms with van der Waals surface area (Å²) in [5, 5.41) is 0. The SMILES string of the molecule is COC(=O)C(NS(=O)(=O)c1cc(N)cc(Br)c1F)C(C)C. The molecule has 0 amide bonds. The molecule has 6 nitrogen and oxygen atoms in total. The Morgan fingerprint density at radius 2 is 2.00 bits per heavy atom. The van der Waals surface area contributed by atoms with Crippen LogP contribution in [-0.2, 0) is 19.6 Å². The van der Waals surface area contributed by atoms with E-state index in [4.69, 9.17) is 5.73 Å². The maximum atomic E-state index is 14.0. The fourth-order valence-corrected chi connectivity index (χ4v) is 3.67. The maximum absolute atomic E-state index is 14.0. The van der Waals surface area contributed by atoms with Crippen LogP contribution in [0.1, 0.15) is 13.8 Å². The number of esters is 1. The van der Waals surface area contributed by atoms with Crippen molar-refractivity contribution in [3.63, 3.8) is 0 Å². The number of rotatable bonds is 5. The summed E-state index contributed by atoms with van der Waals surface area (Å²) in [5.74, 6) is -2.11. The highest BCUT2D eigenvalue weighted by atomic mass is 79.9. The summed E-state index contributed by atoms with van der Waals surface area (Å²) in [6, 6.07) is 1.10. The molecule has 0 fully saturated rings. The number of halogens is 2. The first kappa shape index (κ1) is 17.9. The fourth-order valence-electron chi connectivity index (χ4n) is 1.59.